The Hall–Kier alpha value is -2.69. The largest absolute Gasteiger partial charge is 0.497 e. The number of Topliss-reactive ketones (excluding diaryl/α,β-unsaturated/α-hetero) is 1. The maximum absolute atomic E-state index is 13.0. The Bertz CT molecular complexity index is 712. The number of benzene rings is 2. The SMILES string of the molecule is COc1cccc(CCC(=O)CC(=O)OCc2cccc(F)c2)c1. The third-order valence-electron chi connectivity index (χ3n) is 3.46. The van der Waals surface area contributed by atoms with Gasteiger partial charge in [0.1, 0.15) is 30.4 Å². The summed E-state index contributed by atoms with van der Waals surface area (Å²) >= 11 is 0. The average Bonchev–Trinajstić information content (AvgIpc) is 2.58. The van der Waals surface area contributed by atoms with Crippen molar-refractivity contribution in [2.75, 3.05) is 7.11 Å². The van der Waals surface area contributed by atoms with Crippen molar-refractivity contribution < 1.29 is 23.5 Å². The molecule has 0 aromatic heterocycles. The quantitative estimate of drug-likeness (QED) is 0.549. The Morgan fingerprint density at radius 2 is 1.79 bits per heavy atom. The standard InChI is InChI=1S/C19H19FO4/c1-23-18-7-3-4-14(11-18)8-9-17(21)12-19(22)24-13-15-5-2-6-16(20)10-15/h2-7,10-11H,8-9,12-13H2,1H3. The molecule has 0 heterocycles. The summed E-state index contributed by atoms with van der Waals surface area (Å²) in [7, 11) is 1.58. The van der Waals surface area contributed by atoms with Crippen LogP contribution in [-0.2, 0) is 27.4 Å². The molecule has 0 N–H and O–H groups in total. The first-order valence-corrected chi connectivity index (χ1v) is 7.61. The van der Waals surface area contributed by atoms with Crippen LogP contribution in [0.4, 0.5) is 4.39 Å². The van der Waals surface area contributed by atoms with Crippen LogP contribution in [-0.4, -0.2) is 18.9 Å². The summed E-state index contributed by atoms with van der Waals surface area (Å²) in [6, 6.07) is 13.2. The molecule has 4 nitrogen and oxygen atoms in total. The van der Waals surface area contributed by atoms with Crippen molar-refractivity contribution >= 4 is 11.8 Å². The second-order valence-electron chi connectivity index (χ2n) is 5.36. The molecule has 0 unspecified atom stereocenters. The number of hydrogen-bond donors (Lipinski definition) is 0. The summed E-state index contributed by atoms with van der Waals surface area (Å²) in [6.07, 6.45) is 0.509. The van der Waals surface area contributed by atoms with Crippen LogP contribution in [0.3, 0.4) is 0 Å². The lowest BCUT2D eigenvalue weighted by molar-refractivity contribution is -0.147. The van der Waals surface area contributed by atoms with E-state index in [-0.39, 0.29) is 25.2 Å². The summed E-state index contributed by atoms with van der Waals surface area (Å²) < 4.78 is 23.1. The Morgan fingerprint density at radius 3 is 2.54 bits per heavy atom. The van der Waals surface area contributed by atoms with E-state index in [9.17, 15) is 14.0 Å². The monoisotopic (exact) mass is 330 g/mol. The van der Waals surface area contributed by atoms with E-state index in [4.69, 9.17) is 9.47 Å². The van der Waals surface area contributed by atoms with Crippen molar-refractivity contribution in [3.63, 3.8) is 0 Å². The first-order chi connectivity index (χ1) is 11.6. The second kappa shape index (κ2) is 8.82. The molecule has 0 saturated carbocycles. The molecule has 0 radical (unpaired) electrons. The lowest BCUT2D eigenvalue weighted by Gasteiger charge is -2.06. The van der Waals surface area contributed by atoms with Crippen LogP contribution in [0.1, 0.15) is 24.0 Å². The molecule has 0 bridgehead atoms. The van der Waals surface area contributed by atoms with E-state index < -0.39 is 11.8 Å². The van der Waals surface area contributed by atoms with Crippen molar-refractivity contribution in [3.8, 4) is 5.75 Å². The topological polar surface area (TPSA) is 52.6 Å². The van der Waals surface area contributed by atoms with E-state index in [1.54, 1.807) is 13.2 Å². The second-order valence-corrected chi connectivity index (χ2v) is 5.36. The summed E-state index contributed by atoms with van der Waals surface area (Å²) in [4.78, 5) is 23.5. The van der Waals surface area contributed by atoms with Gasteiger partial charge < -0.3 is 9.47 Å². The van der Waals surface area contributed by atoms with Crippen molar-refractivity contribution in [1.82, 2.24) is 0 Å². The molecule has 126 valence electrons. The third-order valence-corrected chi connectivity index (χ3v) is 3.46. The van der Waals surface area contributed by atoms with Gasteiger partial charge in [-0.3, -0.25) is 9.59 Å². The Labute approximate surface area is 140 Å². The van der Waals surface area contributed by atoms with Gasteiger partial charge in [-0.15, -0.1) is 0 Å². The number of hydrogen-bond acceptors (Lipinski definition) is 4. The maximum atomic E-state index is 13.0. The Balaban J connectivity index is 1.74. The van der Waals surface area contributed by atoms with Gasteiger partial charge in [0.25, 0.3) is 0 Å². The van der Waals surface area contributed by atoms with Gasteiger partial charge >= 0.3 is 5.97 Å². The van der Waals surface area contributed by atoms with Gasteiger partial charge in [0.2, 0.25) is 0 Å². The molecule has 0 atom stereocenters. The molecular formula is C19H19FO4. The van der Waals surface area contributed by atoms with Gasteiger partial charge in [0.15, 0.2) is 0 Å². The van der Waals surface area contributed by atoms with Crippen LogP contribution in [0.25, 0.3) is 0 Å². The molecule has 0 aliphatic rings. The van der Waals surface area contributed by atoms with Crippen molar-refractivity contribution in [2.24, 2.45) is 0 Å². The first kappa shape index (κ1) is 17.7. The Kier molecular flexibility index (Phi) is 6.49. The maximum Gasteiger partial charge on any atom is 0.313 e. The zero-order valence-corrected chi connectivity index (χ0v) is 13.5. The molecule has 5 heteroatoms. The van der Waals surface area contributed by atoms with Crippen molar-refractivity contribution in [3.05, 3.63) is 65.5 Å². The highest BCUT2D eigenvalue weighted by Gasteiger charge is 2.11. The highest BCUT2D eigenvalue weighted by Crippen LogP contribution is 2.14. The highest BCUT2D eigenvalue weighted by atomic mass is 19.1. The molecule has 2 aromatic rings. The summed E-state index contributed by atoms with van der Waals surface area (Å²) in [5, 5.41) is 0. The fourth-order valence-electron chi connectivity index (χ4n) is 2.20. The van der Waals surface area contributed by atoms with Gasteiger partial charge in [-0.05, 0) is 41.8 Å². The minimum atomic E-state index is -0.602. The van der Waals surface area contributed by atoms with Gasteiger partial charge in [-0.2, -0.15) is 0 Å². The van der Waals surface area contributed by atoms with Crippen molar-refractivity contribution in [1.29, 1.82) is 0 Å². The number of ether oxygens (including phenoxy) is 2. The minimum absolute atomic E-state index is 0.0419. The molecule has 0 aliphatic heterocycles. The van der Waals surface area contributed by atoms with Crippen LogP contribution in [0.5, 0.6) is 5.75 Å². The number of ketones is 1. The highest BCUT2D eigenvalue weighted by molar-refractivity contribution is 5.95. The van der Waals surface area contributed by atoms with Crippen LogP contribution < -0.4 is 4.74 Å². The summed E-state index contributed by atoms with van der Waals surface area (Å²) in [5.41, 5.74) is 1.52. The van der Waals surface area contributed by atoms with Crippen LogP contribution in [0.15, 0.2) is 48.5 Å². The normalized spacial score (nSPS) is 10.2. The van der Waals surface area contributed by atoms with E-state index >= 15 is 0 Å². The van der Waals surface area contributed by atoms with Gasteiger partial charge in [-0.25, -0.2) is 4.39 Å². The van der Waals surface area contributed by atoms with Gasteiger partial charge in [-0.1, -0.05) is 24.3 Å². The molecule has 0 fully saturated rings. The number of carbonyl (C=O) groups is 2. The predicted molar refractivity (Wildman–Crippen MR) is 87.1 cm³/mol. The van der Waals surface area contributed by atoms with E-state index in [2.05, 4.69) is 0 Å². The lowest BCUT2D eigenvalue weighted by atomic mass is 10.1. The van der Waals surface area contributed by atoms with Crippen LogP contribution in [0, 0.1) is 5.82 Å². The number of aryl methyl sites for hydroxylation is 1. The fraction of sp³-hybridized carbons (Fsp3) is 0.263. The smallest absolute Gasteiger partial charge is 0.313 e. The summed E-state index contributed by atoms with van der Waals surface area (Å²) in [6.45, 7) is -0.0419. The molecule has 0 saturated heterocycles. The Morgan fingerprint density at radius 1 is 1.04 bits per heavy atom. The number of carbonyl (C=O) groups excluding carboxylic acids is 2. The minimum Gasteiger partial charge on any atom is -0.497 e. The molecule has 2 aromatic carbocycles. The van der Waals surface area contributed by atoms with E-state index in [0.717, 1.165) is 11.3 Å². The fourth-order valence-corrected chi connectivity index (χ4v) is 2.20. The van der Waals surface area contributed by atoms with Crippen molar-refractivity contribution in [2.45, 2.75) is 25.9 Å². The third kappa shape index (κ3) is 5.83. The lowest BCUT2D eigenvalue weighted by Crippen LogP contribution is -2.12. The number of halogens is 1. The number of esters is 1. The van der Waals surface area contributed by atoms with Gasteiger partial charge in [0, 0.05) is 6.42 Å². The van der Waals surface area contributed by atoms with Crippen LogP contribution >= 0.6 is 0 Å². The van der Waals surface area contributed by atoms with E-state index in [1.807, 2.05) is 24.3 Å². The molecule has 0 amide bonds. The zero-order chi connectivity index (χ0) is 17.4. The molecular weight excluding hydrogens is 311 g/mol. The van der Waals surface area contributed by atoms with E-state index in [1.165, 1.54) is 18.2 Å². The van der Waals surface area contributed by atoms with Crippen LogP contribution in [0.2, 0.25) is 0 Å². The van der Waals surface area contributed by atoms with E-state index in [0.29, 0.717) is 12.0 Å². The first-order valence-electron chi connectivity index (χ1n) is 7.61. The molecule has 2 rings (SSSR count). The predicted octanol–water partition coefficient (Wildman–Crippen LogP) is 3.47. The molecule has 0 spiro atoms. The number of methoxy groups -OCH3 is 1. The zero-order valence-electron chi connectivity index (χ0n) is 13.5. The molecule has 24 heavy (non-hydrogen) atoms. The average molecular weight is 330 g/mol. The van der Waals surface area contributed by atoms with Gasteiger partial charge in [0.05, 0.1) is 7.11 Å². The number of rotatable bonds is 8. The molecule has 0 aliphatic carbocycles. The summed E-state index contributed by atoms with van der Waals surface area (Å²) in [5.74, 6) is -0.454.